The molecule has 0 radical (unpaired) electrons. The number of nitrogens with one attached hydrogen (secondary N) is 2. The fourth-order valence-electron chi connectivity index (χ4n) is 2.09. The smallest absolute Gasteiger partial charge is 0.319 e. The third kappa shape index (κ3) is 5.57. The largest absolute Gasteiger partial charge is 0.393 e. The molecule has 4 nitrogen and oxygen atoms in total. The Labute approximate surface area is 119 Å². The summed E-state index contributed by atoms with van der Waals surface area (Å²) in [6.07, 6.45) is 0.192. The summed E-state index contributed by atoms with van der Waals surface area (Å²) in [6, 6.07) is 4.08. The molecule has 1 atom stereocenters. The summed E-state index contributed by atoms with van der Waals surface area (Å²) in [5, 5.41) is 14.8. The van der Waals surface area contributed by atoms with Gasteiger partial charge >= 0.3 is 6.03 Å². The van der Waals surface area contributed by atoms with Gasteiger partial charge in [-0.3, -0.25) is 0 Å². The van der Waals surface area contributed by atoms with Gasteiger partial charge in [-0.25, -0.2) is 9.18 Å². The van der Waals surface area contributed by atoms with Crippen molar-refractivity contribution in [1.29, 1.82) is 0 Å². The first-order chi connectivity index (χ1) is 9.19. The molecule has 0 aliphatic heterocycles. The highest BCUT2D eigenvalue weighted by Gasteiger charge is 2.21. The Hall–Kier alpha value is -1.62. The first kappa shape index (κ1) is 16.4. The maximum absolute atomic E-state index is 13.1. The molecule has 0 heterocycles. The van der Waals surface area contributed by atoms with E-state index in [9.17, 15) is 14.3 Å². The number of benzene rings is 1. The van der Waals surface area contributed by atoms with Crippen LogP contribution in [0.25, 0.3) is 0 Å². The fraction of sp³-hybridized carbons (Fsp3) is 0.533. The van der Waals surface area contributed by atoms with Crippen LogP contribution in [0.15, 0.2) is 18.2 Å². The molecule has 0 saturated carbocycles. The average molecular weight is 282 g/mol. The van der Waals surface area contributed by atoms with Crippen LogP contribution < -0.4 is 10.6 Å². The maximum atomic E-state index is 13.1. The first-order valence-electron chi connectivity index (χ1n) is 6.69. The SMILES string of the molecule is Cc1cc(NC(=O)NCC(C)(C)CC(C)O)ccc1F. The topological polar surface area (TPSA) is 61.4 Å². The molecule has 0 aromatic heterocycles. The summed E-state index contributed by atoms with van der Waals surface area (Å²) in [5.74, 6) is -0.297. The van der Waals surface area contributed by atoms with Crippen molar-refractivity contribution in [3.63, 3.8) is 0 Å². The minimum atomic E-state index is -0.408. The van der Waals surface area contributed by atoms with E-state index in [0.29, 0.717) is 24.2 Å². The lowest BCUT2D eigenvalue weighted by atomic mass is 9.87. The zero-order valence-electron chi connectivity index (χ0n) is 12.5. The van der Waals surface area contributed by atoms with Crippen LogP contribution in [0, 0.1) is 18.2 Å². The van der Waals surface area contributed by atoms with Gasteiger partial charge in [0.2, 0.25) is 0 Å². The van der Waals surface area contributed by atoms with E-state index in [-0.39, 0.29) is 17.3 Å². The maximum Gasteiger partial charge on any atom is 0.319 e. The highest BCUT2D eigenvalue weighted by molar-refractivity contribution is 5.89. The van der Waals surface area contributed by atoms with Gasteiger partial charge in [0.05, 0.1) is 6.10 Å². The predicted molar refractivity (Wildman–Crippen MR) is 78.2 cm³/mol. The second-order valence-electron chi connectivity index (χ2n) is 5.99. The third-order valence-corrected chi connectivity index (χ3v) is 2.99. The zero-order valence-corrected chi connectivity index (χ0v) is 12.5. The number of carbonyl (C=O) groups excluding carboxylic acids is 1. The molecular weight excluding hydrogens is 259 g/mol. The second kappa shape index (κ2) is 6.70. The van der Waals surface area contributed by atoms with Gasteiger partial charge in [-0.05, 0) is 49.4 Å². The van der Waals surface area contributed by atoms with Crippen LogP contribution in [-0.4, -0.2) is 23.8 Å². The normalized spacial score (nSPS) is 12.9. The van der Waals surface area contributed by atoms with Crippen LogP contribution in [-0.2, 0) is 0 Å². The fourth-order valence-corrected chi connectivity index (χ4v) is 2.09. The number of anilines is 1. The molecule has 1 rings (SSSR count). The van der Waals surface area contributed by atoms with Gasteiger partial charge in [-0.15, -0.1) is 0 Å². The molecule has 112 valence electrons. The number of amides is 2. The molecule has 0 spiro atoms. The van der Waals surface area contributed by atoms with Crippen molar-refractivity contribution in [2.24, 2.45) is 5.41 Å². The Morgan fingerprint density at radius 1 is 1.45 bits per heavy atom. The van der Waals surface area contributed by atoms with Gasteiger partial charge in [-0.1, -0.05) is 13.8 Å². The van der Waals surface area contributed by atoms with Crippen LogP contribution >= 0.6 is 0 Å². The van der Waals surface area contributed by atoms with Crippen molar-refractivity contribution < 1.29 is 14.3 Å². The predicted octanol–water partition coefficient (Wildman–Crippen LogP) is 3.05. The monoisotopic (exact) mass is 282 g/mol. The summed E-state index contributed by atoms with van der Waals surface area (Å²) in [5.41, 5.74) is 0.844. The van der Waals surface area contributed by atoms with Crippen molar-refractivity contribution in [3.05, 3.63) is 29.6 Å². The molecule has 0 fully saturated rings. The highest BCUT2D eigenvalue weighted by atomic mass is 19.1. The molecule has 1 unspecified atom stereocenters. The molecule has 0 saturated heterocycles. The number of rotatable bonds is 5. The van der Waals surface area contributed by atoms with Gasteiger partial charge in [0.15, 0.2) is 0 Å². The Morgan fingerprint density at radius 3 is 2.65 bits per heavy atom. The summed E-state index contributed by atoms with van der Waals surface area (Å²) in [6.45, 7) is 7.77. The van der Waals surface area contributed by atoms with Crippen molar-refractivity contribution in [2.45, 2.75) is 40.2 Å². The van der Waals surface area contributed by atoms with Crippen LogP contribution in [0.4, 0.5) is 14.9 Å². The molecular formula is C15H23FN2O2. The van der Waals surface area contributed by atoms with Crippen LogP contribution in [0.5, 0.6) is 0 Å². The lowest BCUT2D eigenvalue weighted by Crippen LogP contribution is -2.38. The molecule has 5 heteroatoms. The van der Waals surface area contributed by atoms with Gasteiger partial charge in [0, 0.05) is 12.2 Å². The molecule has 2 amide bonds. The Bertz CT molecular complexity index is 473. The molecule has 0 bridgehead atoms. The van der Waals surface area contributed by atoms with Crippen LogP contribution in [0.2, 0.25) is 0 Å². The van der Waals surface area contributed by atoms with Gasteiger partial charge in [-0.2, -0.15) is 0 Å². The van der Waals surface area contributed by atoms with E-state index in [1.807, 2.05) is 13.8 Å². The lowest BCUT2D eigenvalue weighted by molar-refractivity contribution is 0.129. The quantitative estimate of drug-likeness (QED) is 0.777. The Kier molecular flexibility index (Phi) is 5.51. The van der Waals surface area contributed by atoms with Crippen LogP contribution in [0.3, 0.4) is 0 Å². The van der Waals surface area contributed by atoms with Crippen LogP contribution in [0.1, 0.15) is 32.8 Å². The van der Waals surface area contributed by atoms with E-state index < -0.39 is 6.10 Å². The lowest BCUT2D eigenvalue weighted by Gasteiger charge is -2.26. The van der Waals surface area contributed by atoms with Gasteiger partial charge < -0.3 is 15.7 Å². The highest BCUT2D eigenvalue weighted by Crippen LogP contribution is 2.21. The molecule has 0 aliphatic carbocycles. The van der Waals surface area contributed by atoms with Crippen molar-refractivity contribution in [2.75, 3.05) is 11.9 Å². The molecule has 20 heavy (non-hydrogen) atoms. The van der Waals surface area contributed by atoms with Crippen molar-refractivity contribution in [1.82, 2.24) is 5.32 Å². The molecule has 1 aromatic carbocycles. The standard InChI is InChI=1S/C15H23FN2O2/c1-10-7-12(5-6-13(10)16)18-14(20)17-9-15(3,4)8-11(2)19/h5-7,11,19H,8-9H2,1-4H3,(H2,17,18,20). The summed E-state index contributed by atoms with van der Waals surface area (Å²) in [4.78, 5) is 11.8. The van der Waals surface area contributed by atoms with E-state index in [2.05, 4.69) is 10.6 Å². The van der Waals surface area contributed by atoms with E-state index in [1.165, 1.54) is 12.1 Å². The van der Waals surface area contributed by atoms with E-state index >= 15 is 0 Å². The average Bonchev–Trinajstić information content (AvgIpc) is 2.30. The number of hydrogen-bond acceptors (Lipinski definition) is 2. The minimum Gasteiger partial charge on any atom is -0.393 e. The Balaban J connectivity index is 2.49. The summed E-state index contributed by atoms with van der Waals surface area (Å²) in [7, 11) is 0. The number of aliphatic hydroxyl groups excluding tert-OH is 1. The molecule has 1 aromatic rings. The molecule has 0 aliphatic rings. The van der Waals surface area contributed by atoms with E-state index in [1.54, 1.807) is 19.9 Å². The number of carbonyl (C=O) groups is 1. The number of halogens is 1. The second-order valence-corrected chi connectivity index (χ2v) is 5.99. The van der Waals surface area contributed by atoms with Gasteiger partial charge in [0.1, 0.15) is 5.82 Å². The van der Waals surface area contributed by atoms with Gasteiger partial charge in [0.25, 0.3) is 0 Å². The number of aliphatic hydroxyl groups is 1. The summed E-state index contributed by atoms with van der Waals surface area (Å²) < 4.78 is 13.1. The molecule has 3 N–H and O–H groups in total. The Morgan fingerprint density at radius 2 is 2.10 bits per heavy atom. The van der Waals surface area contributed by atoms with E-state index in [4.69, 9.17) is 0 Å². The van der Waals surface area contributed by atoms with E-state index in [0.717, 1.165) is 0 Å². The third-order valence-electron chi connectivity index (χ3n) is 2.99. The number of hydrogen-bond donors (Lipinski definition) is 3. The first-order valence-corrected chi connectivity index (χ1v) is 6.69. The number of aryl methyl sites for hydroxylation is 1. The van der Waals surface area contributed by atoms with Crippen molar-refractivity contribution in [3.8, 4) is 0 Å². The summed E-state index contributed by atoms with van der Waals surface area (Å²) >= 11 is 0. The minimum absolute atomic E-state index is 0.190. The zero-order chi connectivity index (χ0) is 15.3. The number of urea groups is 1. The van der Waals surface area contributed by atoms with Crippen molar-refractivity contribution >= 4 is 11.7 Å².